The molecule has 2 nitrogen and oxygen atoms in total. The summed E-state index contributed by atoms with van der Waals surface area (Å²) in [5.74, 6) is 0. The van der Waals surface area contributed by atoms with Gasteiger partial charge in [-0.1, -0.05) is 37.3 Å². The average molecular weight is 246 g/mol. The maximum Gasteiger partial charge on any atom is 0.0394 e. The smallest absolute Gasteiger partial charge is 0.0394 e. The first kappa shape index (κ1) is 14.6. The van der Waals surface area contributed by atoms with Gasteiger partial charge >= 0.3 is 0 Å². The molecule has 0 radical (unpaired) electrons. The second-order valence-electron chi connectivity index (χ2n) is 4.81. The molecule has 0 amide bonds. The van der Waals surface area contributed by atoms with Gasteiger partial charge in [-0.2, -0.15) is 0 Å². The van der Waals surface area contributed by atoms with Gasteiger partial charge in [0.25, 0.3) is 0 Å². The van der Waals surface area contributed by atoms with Crippen LogP contribution >= 0.6 is 0 Å². The molecule has 1 saturated carbocycles. The molecule has 1 aliphatic rings. The first-order valence-corrected chi connectivity index (χ1v) is 6.85. The second-order valence-corrected chi connectivity index (χ2v) is 4.81. The van der Waals surface area contributed by atoms with Crippen LogP contribution < -0.4 is 11.1 Å². The molecular weight excluding hydrogens is 220 g/mol. The second kappa shape index (κ2) is 7.80. The van der Waals surface area contributed by atoms with E-state index in [4.69, 9.17) is 5.73 Å². The van der Waals surface area contributed by atoms with E-state index in [9.17, 15) is 0 Å². The fraction of sp³-hybridized carbons (Fsp3) is 0.500. The van der Waals surface area contributed by atoms with Gasteiger partial charge in [0, 0.05) is 17.9 Å². The molecule has 0 bridgehead atoms. The van der Waals surface area contributed by atoms with E-state index in [-0.39, 0.29) is 0 Å². The third-order valence-corrected chi connectivity index (χ3v) is 3.33. The summed E-state index contributed by atoms with van der Waals surface area (Å²) in [5.41, 5.74) is 10.8. The highest BCUT2D eigenvalue weighted by Crippen LogP contribution is 2.28. The van der Waals surface area contributed by atoms with Crippen molar-refractivity contribution in [3.63, 3.8) is 0 Å². The third-order valence-electron chi connectivity index (χ3n) is 3.33. The van der Waals surface area contributed by atoms with Gasteiger partial charge in [0.05, 0.1) is 0 Å². The SMILES string of the molecule is C=C/C(=C\CC=C(C)N)CNC(CC)=C1CCC1. The van der Waals surface area contributed by atoms with Gasteiger partial charge in [-0.15, -0.1) is 0 Å². The van der Waals surface area contributed by atoms with Gasteiger partial charge < -0.3 is 11.1 Å². The molecular formula is C16H26N2. The van der Waals surface area contributed by atoms with Gasteiger partial charge in [-0.05, 0) is 44.6 Å². The number of allylic oxidation sites excluding steroid dienone is 5. The minimum Gasteiger partial charge on any atom is -0.403 e. The summed E-state index contributed by atoms with van der Waals surface area (Å²) in [6, 6.07) is 0. The molecule has 0 heterocycles. The Morgan fingerprint density at radius 3 is 2.56 bits per heavy atom. The molecule has 0 aromatic carbocycles. The van der Waals surface area contributed by atoms with Gasteiger partial charge in [0.15, 0.2) is 0 Å². The van der Waals surface area contributed by atoms with Crippen LogP contribution in [-0.4, -0.2) is 6.54 Å². The van der Waals surface area contributed by atoms with Crippen LogP contribution in [0.25, 0.3) is 0 Å². The van der Waals surface area contributed by atoms with Crippen molar-refractivity contribution in [1.29, 1.82) is 0 Å². The average Bonchev–Trinajstić information content (AvgIpc) is 2.28. The van der Waals surface area contributed by atoms with Crippen LogP contribution in [0.15, 0.2) is 47.3 Å². The summed E-state index contributed by atoms with van der Waals surface area (Å²) < 4.78 is 0. The van der Waals surface area contributed by atoms with E-state index in [1.807, 2.05) is 19.1 Å². The van der Waals surface area contributed by atoms with Crippen LogP contribution in [0.3, 0.4) is 0 Å². The molecule has 18 heavy (non-hydrogen) atoms. The number of rotatable bonds is 7. The van der Waals surface area contributed by atoms with Crippen molar-refractivity contribution in [2.24, 2.45) is 5.73 Å². The number of hydrogen-bond donors (Lipinski definition) is 2. The Balaban J connectivity index is 2.48. The molecule has 1 aliphatic carbocycles. The first-order valence-electron chi connectivity index (χ1n) is 6.85. The van der Waals surface area contributed by atoms with Gasteiger partial charge in [-0.3, -0.25) is 0 Å². The van der Waals surface area contributed by atoms with Gasteiger partial charge in [0.2, 0.25) is 0 Å². The van der Waals surface area contributed by atoms with Crippen molar-refractivity contribution in [2.75, 3.05) is 6.54 Å². The van der Waals surface area contributed by atoms with Crippen LogP contribution in [0.4, 0.5) is 0 Å². The normalized spacial score (nSPS) is 16.2. The molecule has 2 heteroatoms. The largest absolute Gasteiger partial charge is 0.403 e. The van der Waals surface area contributed by atoms with Crippen LogP contribution in [-0.2, 0) is 0 Å². The summed E-state index contributed by atoms with van der Waals surface area (Å²) in [4.78, 5) is 0. The molecule has 0 atom stereocenters. The molecule has 3 N–H and O–H groups in total. The van der Waals surface area contributed by atoms with Gasteiger partial charge in [0.1, 0.15) is 0 Å². The van der Waals surface area contributed by atoms with E-state index in [1.54, 1.807) is 5.57 Å². The maximum absolute atomic E-state index is 5.61. The Morgan fingerprint density at radius 1 is 1.39 bits per heavy atom. The lowest BCUT2D eigenvalue weighted by Gasteiger charge is -2.22. The zero-order chi connectivity index (χ0) is 13.4. The number of nitrogens with one attached hydrogen (secondary N) is 1. The van der Waals surface area contributed by atoms with Crippen LogP contribution in [0.5, 0.6) is 0 Å². The van der Waals surface area contributed by atoms with Crippen molar-refractivity contribution < 1.29 is 0 Å². The molecule has 0 spiro atoms. The predicted molar refractivity (Wildman–Crippen MR) is 80.0 cm³/mol. The quantitative estimate of drug-likeness (QED) is 0.671. The van der Waals surface area contributed by atoms with Crippen molar-refractivity contribution in [1.82, 2.24) is 5.32 Å². The van der Waals surface area contributed by atoms with Crippen molar-refractivity contribution >= 4 is 0 Å². The summed E-state index contributed by atoms with van der Waals surface area (Å²) in [7, 11) is 0. The summed E-state index contributed by atoms with van der Waals surface area (Å²) in [5, 5.41) is 3.55. The highest BCUT2D eigenvalue weighted by Gasteiger charge is 2.12. The molecule has 0 unspecified atom stereocenters. The fourth-order valence-electron chi connectivity index (χ4n) is 1.99. The fourth-order valence-corrected chi connectivity index (χ4v) is 1.99. The lowest BCUT2D eigenvalue weighted by Crippen LogP contribution is -2.19. The molecule has 0 aliphatic heterocycles. The predicted octanol–water partition coefficient (Wildman–Crippen LogP) is 3.79. The first-order chi connectivity index (χ1) is 8.67. The van der Waals surface area contributed by atoms with Crippen molar-refractivity contribution in [3.05, 3.63) is 47.3 Å². The number of hydrogen-bond acceptors (Lipinski definition) is 2. The monoisotopic (exact) mass is 246 g/mol. The zero-order valence-electron chi connectivity index (χ0n) is 11.8. The molecule has 1 fully saturated rings. The topological polar surface area (TPSA) is 38.0 Å². The summed E-state index contributed by atoms with van der Waals surface area (Å²) >= 11 is 0. The highest BCUT2D eigenvalue weighted by molar-refractivity contribution is 5.23. The highest BCUT2D eigenvalue weighted by atomic mass is 14.9. The Labute approximate surface area is 111 Å². The van der Waals surface area contributed by atoms with Crippen molar-refractivity contribution in [2.45, 2.75) is 46.0 Å². The van der Waals surface area contributed by atoms with Gasteiger partial charge in [-0.25, -0.2) is 0 Å². The minimum absolute atomic E-state index is 0.869. The van der Waals surface area contributed by atoms with E-state index in [0.717, 1.165) is 25.1 Å². The van der Waals surface area contributed by atoms with Crippen LogP contribution in [0.2, 0.25) is 0 Å². The van der Waals surface area contributed by atoms with Crippen LogP contribution in [0, 0.1) is 0 Å². The molecule has 100 valence electrons. The Morgan fingerprint density at radius 2 is 2.11 bits per heavy atom. The Kier molecular flexibility index (Phi) is 6.34. The lowest BCUT2D eigenvalue weighted by atomic mass is 9.89. The maximum atomic E-state index is 5.61. The summed E-state index contributed by atoms with van der Waals surface area (Å²) in [6.07, 6.45) is 12.0. The lowest BCUT2D eigenvalue weighted by molar-refractivity contribution is 0.622. The van der Waals surface area contributed by atoms with Crippen molar-refractivity contribution in [3.8, 4) is 0 Å². The molecule has 0 saturated heterocycles. The van der Waals surface area contributed by atoms with E-state index in [1.165, 1.54) is 30.5 Å². The van der Waals surface area contributed by atoms with E-state index < -0.39 is 0 Å². The minimum atomic E-state index is 0.869. The number of nitrogens with two attached hydrogens (primary N) is 1. The van der Waals surface area contributed by atoms with Crippen LogP contribution in [0.1, 0.15) is 46.0 Å². The Bertz CT molecular complexity index is 363. The third kappa shape index (κ3) is 4.82. The van der Waals surface area contributed by atoms with E-state index in [0.29, 0.717) is 0 Å². The van der Waals surface area contributed by atoms with E-state index in [2.05, 4.69) is 24.9 Å². The Hall–Kier alpha value is -1.44. The molecule has 0 aromatic rings. The molecule has 1 rings (SSSR count). The molecule has 0 aromatic heterocycles. The zero-order valence-corrected chi connectivity index (χ0v) is 11.8. The van der Waals surface area contributed by atoms with E-state index >= 15 is 0 Å². The standard InChI is InChI=1S/C16H26N2/c1-4-14(9-6-8-13(3)17)12-18-16(5-2)15-10-7-11-15/h4,8-9,18H,1,5-7,10-12,17H2,2-3H3/b13-8?,14-9+. The summed E-state index contributed by atoms with van der Waals surface area (Å²) in [6.45, 7) is 8.86.